The molecule has 0 spiro atoms. The van der Waals surface area contributed by atoms with Crippen molar-refractivity contribution < 1.29 is 14.3 Å². The molecule has 0 aliphatic heterocycles. The number of amides is 1. The summed E-state index contributed by atoms with van der Waals surface area (Å²) in [5.74, 6) is 0.452. The third-order valence-electron chi connectivity index (χ3n) is 2.45. The zero-order valence-electron chi connectivity index (χ0n) is 11.7. The second kappa shape index (κ2) is 7.76. The molecule has 0 radical (unpaired) electrons. The van der Waals surface area contributed by atoms with E-state index in [-0.39, 0.29) is 18.6 Å². The molecule has 0 fully saturated rings. The van der Waals surface area contributed by atoms with Crippen molar-refractivity contribution >= 4 is 11.6 Å². The third kappa shape index (κ3) is 5.28. The molecular weight excluding hydrogens is 244 g/mol. The van der Waals surface area contributed by atoms with Crippen LogP contribution >= 0.6 is 0 Å². The average molecular weight is 266 g/mol. The Morgan fingerprint density at radius 2 is 2.21 bits per heavy atom. The van der Waals surface area contributed by atoms with E-state index in [2.05, 4.69) is 5.32 Å². The Balaban J connectivity index is 2.87. The maximum absolute atomic E-state index is 11.5. The zero-order chi connectivity index (χ0) is 14.3. The SMILES string of the molecule is CCOc1cc(CC(C)N)ccc1NC(=O)COC. The summed E-state index contributed by atoms with van der Waals surface area (Å²) in [6.07, 6.45) is 0.770. The van der Waals surface area contributed by atoms with Gasteiger partial charge in [-0.05, 0) is 38.0 Å². The van der Waals surface area contributed by atoms with Crippen LogP contribution in [-0.2, 0) is 16.0 Å². The molecule has 3 N–H and O–H groups in total. The van der Waals surface area contributed by atoms with Gasteiger partial charge in [0.25, 0.3) is 0 Å². The van der Waals surface area contributed by atoms with Gasteiger partial charge in [0.1, 0.15) is 12.4 Å². The van der Waals surface area contributed by atoms with Crippen LogP contribution in [0.1, 0.15) is 19.4 Å². The number of anilines is 1. The van der Waals surface area contributed by atoms with Crippen molar-refractivity contribution in [1.82, 2.24) is 0 Å². The van der Waals surface area contributed by atoms with E-state index in [1.807, 2.05) is 32.0 Å². The molecule has 0 aliphatic carbocycles. The third-order valence-corrected chi connectivity index (χ3v) is 2.45. The minimum absolute atomic E-state index is 0.0210. The van der Waals surface area contributed by atoms with E-state index < -0.39 is 0 Å². The van der Waals surface area contributed by atoms with Gasteiger partial charge in [-0.15, -0.1) is 0 Å². The van der Waals surface area contributed by atoms with Crippen LogP contribution in [0.15, 0.2) is 18.2 Å². The van der Waals surface area contributed by atoms with Gasteiger partial charge in [-0.3, -0.25) is 4.79 Å². The Kier molecular flexibility index (Phi) is 6.32. The van der Waals surface area contributed by atoms with Gasteiger partial charge in [-0.25, -0.2) is 0 Å². The maximum Gasteiger partial charge on any atom is 0.250 e. The second-order valence-corrected chi connectivity index (χ2v) is 4.43. The van der Waals surface area contributed by atoms with Crippen molar-refractivity contribution in [3.05, 3.63) is 23.8 Å². The molecule has 0 saturated heterocycles. The van der Waals surface area contributed by atoms with Crippen molar-refractivity contribution in [3.8, 4) is 5.75 Å². The lowest BCUT2D eigenvalue weighted by molar-refractivity contribution is -0.119. The van der Waals surface area contributed by atoms with Gasteiger partial charge in [0.05, 0.1) is 12.3 Å². The molecule has 19 heavy (non-hydrogen) atoms. The molecule has 1 aromatic carbocycles. The lowest BCUT2D eigenvalue weighted by Crippen LogP contribution is -2.19. The number of hydrogen-bond donors (Lipinski definition) is 2. The molecular formula is C14H22N2O3. The minimum atomic E-state index is -0.205. The van der Waals surface area contributed by atoms with Crippen LogP contribution < -0.4 is 15.8 Å². The minimum Gasteiger partial charge on any atom is -0.492 e. The highest BCUT2D eigenvalue weighted by atomic mass is 16.5. The Labute approximate surface area is 114 Å². The number of nitrogens with two attached hydrogens (primary N) is 1. The molecule has 0 saturated carbocycles. The topological polar surface area (TPSA) is 73.6 Å². The number of methoxy groups -OCH3 is 1. The maximum atomic E-state index is 11.5. The number of benzene rings is 1. The first-order valence-corrected chi connectivity index (χ1v) is 6.37. The molecule has 0 heterocycles. The molecule has 1 atom stereocenters. The molecule has 5 heteroatoms. The van der Waals surface area contributed by atoms with E-state index in [1.54, 1.807) is 0 Å². The van der Waals surface area contributed by atoms with E-state index >= 15 is 0 Å². The quantitative estimate of drug-likeness (QED) is 0.785. The second-order valence-electron chi connectivity index (χ2n) is 4.43. The molecule has 106 valence electrons. The van der Waals surface area contributed by atoms with Crippen LogP contribution in [0.3, 0.4) is 0 Å². The molecule has 1 rings (SSSR count). The summed E-state index contributed by atoms with van der Waals surface area (Å²) < 4.78 is 10.3. The normalized spacial score (nSPS) is 12.0. The number of nitrogens with one attached hydrogen (secondary N) is 1. The first-order chi connectivity index (χ1) is 9.06. The van der Waals surface area contributed by atoms with Gasteiger partial charge in [0, 0.05) is 13.2 Å². The van der Waals surface area contributed by atoms with Crippen LogP contribution in [0.4, 0.5) is 5.69 Å². The van der Waals surface area contributed by atoms with E-state index in [4.69, 9.17) is 15.2 Å². The standard InChI is InChI=1S/C14H22N2O3/c1-4-19-13-8-11(7-10(2)15)5-6-12(13)16-14(17)9-18-3/h5-6,8,10H,4,7,9,15H2,1-3H3,(H,16,17). The lowest BCUT2D eigenvalue weighted by Gasteiger charge is -2.14. The van der Waals surface area contributed by atoms with Crippen molar-refractivity contribution in [1.29, 1.82) is 0 Å². The van der Waals surface area contributed by atoms with E-state index in [1.165, 1.54) is 7.11 Å². The molecule has 1 unspecified atom stereocenters. The van der Waals surface area contributed by atoms with Crippen molar-refractivity contribution in [2.75, 3.05) is 25.6 Å². The van der Waals surface area contributed by atoms with E-state index in [9.17, 15) is 4.79 Å². The molecule has 1 aromatic rings. The predicted molar refractivity (Wildman–Crippen MR) is 75.5 cm³/mol. The van der Waals surface area contributed by atoms with Gasteiger partial charge in [0.15, 0.2) is 0 Å². The molecule has 5 nitrogen and oxygen atoms in total. The number of carbonyl (C=O) groups is 1. The Morgan fingerprint density at radius 1 is 1.47 bits per heavy atom. The number of ether oxygens (including phenoxy) is 2. The fraction of sp³-hybridized carbons (Fsp3) is 0.500. The van der Waals surface area contributed by atoms with Crippen LogP contribution in [0.25, 0.3) is 0 Å². The Morgan fingerprint density at radius 3 is 2.79 bits per heavy atom. The van der Waals surface area contributed by atoms with Crippen LogP contribution in [0.5, 0.6) is 5.75 Å². The number of hydrogen-bond acceptors (Lipinski definition) is 4. The van der Waals surface area contributed by atoms with Crippen molar-refractivity contribution in [3.63, 3.8) is 0 Å². The summed E-state index contributed by atoms with van der Waals surface area (Å²) in [6.45, 7) is 4.41. The molecule has 0 bridgehead atoms. The summed E-state index contributed by atoms with van der Waals surface area (Å²) in [4.78, 5) is 11.5. The van der Waals surface area contributed by atoms with Gasteiger partial charge in [-0.2, -0.15) is 0 Å². The zero-order valence-corrected chi connectivity index (χ0v) is 11.7. The molecule has 0 aromatic heterocycles. The first kappa shape index (κ1) is 15.5. The molecule has 0 aliphatic rings. The van der Waals surface area contributed by atoms with Gasteiger partial charge in [-0.1, -0.05) is 6.07 Å². The monoisotopic (exact) mass is 266 g/mol. The first-order valence-electron chi connectivity index (χ1n) is 6.37. The predicted octanol–water partition coefficient (Wildman–Crippen LogP) is 1.56. The lowest BCUT2D eigenvalue weighted by atomic mass is 10.1. The highest BCUT2D eigenvalue weighted by Crippen LogP contribution is 2.26. The number of carbonyl (C=O) groups excluding carboxylic acids is 1. The summed E-state index contributed by atoms with van der Waals surface area (Å²) in [5, 5.41) is 2.76. The van der Waals surface area contributed by atoms with Crippen molar-refractivity contribution in [2.45, 2.75) is 26.3 Å². The fourth-order valence-electron chi connectivity index (χ4n) is 1.76. The largest absolute Gasteiger partial charge is 0.492 e. The smallest absolute Gasteiger partial charge is 0.250 e. The summed E-state index contributed by atoms with van der Waals surface area (Å²) in [7, 11) is 1.48. The highest BCUT2D eigenvalue weighted by molar-refractivity contribution is 5.93. The summed E-state index contributed by atoms with van der Waals surface area (Å²) in [5.41, 5.74) is 7.52. The van der Waals surface area contributed by atoms with Gasteiger partial charge >= 0.3 is 0 Å². The highest BCUT2D eigenvalue weighted by Gasteiger charge is 2.09. The summed E-state index contributed by atoms with van der Waals surface area (Å²) in [6, 6.07) is 5.77. The van der Waals surface area contributed by atoms with Gasteiger partial charge in [0.2, 0.25) is 5.91 Å². The van der Waals surface area contributed by atoms with Crippen molar-refractivity contribution in [2.24, 2.45) is 5.73 Å². The fourth-order valence-corrected chi connectivity index (χ4v) is 1.76. The van der Waals surface area contributed by atoms with E-state index in [0.717, 1.165) is 12.0 Å². The Hall–Kier alpha value is -1.59. The summed E-state index contributed by atoms with van der Waals surface area (Å²) >= 11 is 0. The van der Waals surface area contributed by atoms with Crippen LogP contribution in [-0.4, -0.2) is 32.3 Å². The van der Waals surface area contributed by atoms with Gasteiger partial charge < -0.3 is 20.5 Å². The Bertz CT molecular complexity index is 419. The average Bonchev–Trinajstić information content (AvgIpc) is 2.32. The van der Waals surface area contributed by atoms with Crippen LogP contribution in [0.2, 0.25) is 0 Å². The molecule has 1 amide bonds. The van der Waals surface area contributed by atoms with E-state index in [0.29, 0.717) is 18.0 Å². The van der Waals surface area contributed by atoms with Crippen LogP contribution in [0, 0.1) is 0 Å². The number of rotatable bonds is 7.